The Labute approximate surface area is 150 Å². The molecular weight excluding hydrogens is 318 g/mol. The first-order chi connectivity index (χ1) is 11.7. The first-order valence-corrected chi connectivity index (χ1v) is 9.35. The van der Waals surface area contributed by atoms with Gasteiger partial charge in [-0.25, -0.2) is 0 Å². The average molecular weight is 344 g/mol. The van der Waals surface area contributed by atoms with Crippen LogP contribution in [0.4, 0.5) is 0 Å². The number of piperidine rings is 1. The van der Waals surface area contributed by atoms with Crippen molar-refractivity contribution in [2.24, 2.45) is 0 Å². The topological polar surface area (TPSA) is 23.5 Å². The van der Waals surface area contributed by atoms with E-state index in [-0.39, 0.29) is 0 Å². The van der Waals surface area contributed by atoms with Crippen LogP contribution in [0.2, 0.25) is 5.02 Å². The van der Waals surface area contributed by atoms with Gasteiger partial charge in [-0.3, -0.25) is 0 Å². The van der Waals surface area contributed by atoms with Crippen LogP contribution < -0.4 is 0 Å². The van der Waals surface area contributed by atoms with Crippen LogP contribution in [-0.4, -0.2) is 29.1 Å². The van der Waals surface area contributed by atoms with Crippen molar-refractivity contribution in [1.29, 1.82) is 0 Å². The molecule has 0 aliphatic carbocycles. The van der Waals surface area contributed by atoms with Crippen LogP contribution in [0.25, 0.3) is 0 Å². The van der Waals surface area contributed by atoms with Crippen LogP contribution in [0.3, 0.4) is 0 Å². The van der Waals surface area contributed by atoms with Crippen LogP contribution in [0.15, 0.2) is 48.5 Å². The molecule has 2 nitrogen and oxygen atoms in total. The zero-order valence-electron chi connectivity index (χ0n) is 14.1. The second-order valence-corrected chi connectivity index (χ2v) is 7.22. The van der Waals surface area contributed by atoms with Crippen molar-refractivity contribution in [3.05, 3.63) is 64.7 Å². The number of aromatic hydroxyl groups is 1. The Morgan fingerprint density at radius 3 is 2.42 bits per heavy atom. The predicted molar refractivity (Wildman–Crippen MR) is 101 cm³/mol. The molecule has 0 amide bonds. The molecule has 0 spiro atoms. The maximum Gasteiger partial charge on any atom is 0.115 e. The van der Waals surface area contributed by atoms with Gasteiger partial charge in [-0.15, -0.1) is 0 Å². The molecular formula is C21H26ClNO. The standard InChI is InChI=1S/C21H26ClNO/c22-19-10-6-18(7-11-19)16-20-5-1-2-14-23(20)15-3-4-17-8-12-21(24)13-9-17/h6-13,20,24H,1-5,14-16H2. The SMILES string of the molecule is Oc1ccc(CCCN2CCCCC2Cc2ccc(Cl)cc2)cc1. The third kappa shape index (κ3) is 4.99. The number of halogens is 1. The molecule has 1 saturated heterocycles. The molecule has 0 radical (unpaired) electrons. The summed E-state index contributed by atoms with van der Waals surface area (Å²) in [7, 11) is 0. The van der Waals surface area contributed by atoms with E-state index in [1.807, 2.05) is 24.3 Å². The van der Waals surface area contributed by atoms with Crippen molar-refractivity contribution in [3.63, 3.8) is 0 Å². The van der Waals surface area contributed by atoms with Gasteiger partial charge in [-0.1, -0.05) is 42.3 Å². The van der Waals surface area contributed by atoms with Gasteiger partial charge in [0, 0.05) is 11.1 Å². The van der Waals surface area contributed by atoms with E-state index in [1.165, 1.54) is 43.4 Å². The largest absolute Gasteiger partial charge is 0.508 e. The summed E-state index contributed by atoms with van der Waals surface area (Å²) in [4.78, 5) is 2.67. The molecule has 1 unspecified atom stereocenters. The number of hydrogen-bond acceptors (Lipinski definition) is 2. The Bertz CT molecular complexity index is 623. The van der Waals surface area contributed by atoms with Crippen molar-refractivity contribution in [3.8, 4) is 5.75 Å². The number of phenolic OH excluding ortho intramolecular Hbond substituents is 1. The minimum Gasteiger partial charge on any atom is -0.508 e. The van der Waals surface area contributed by atoms with Crippen LogP contribution in [0.5, 0.6) is 5.75 Å². The van der Waals surface area contributed by atoms with Crippen molar-refractivity contribution < 1.29 is 5.11 Å². The molecule has 0 aromatic heterocycles. The van der Waals surface area contributed by atoms with E-state index >= 15 is 0 Å². The molecule has 1 N–H and O–H groups in total. The fraction of sp³-hybridized carbons (Fsp3) is 0.429. The van der Waals surface area contributed by atoms with Gasteiger partial charge in [0.15, 0.2) is 0 Å². The van der Waals surface area contributed by atoms with Crippen LogP contribution in [-0.2, 0) is 12.8 Å². The first kappa shape index (κ1) is 17.3. The van der Waals surface area contributed by atoms with E-state index in [4.69, 9.17) is 11.6 Å². The molecule has 1 fully saturated rings. The van der Waals surface area contributed by atoms with Crippen molar-refractivity contribution >= 4 is 11.6 Å². The fourth-order valence-corrected chi connectivity index (χ4v) is 3.75. The summed E-state index contributed by atoms with van der Waals surface area (Å²) in [5.74, 6) is 0.345. The van der Waals surface area contributed by atoms with Gasteiger partial charge < -0.3 is 10.0 Å². The van der Waals surface area contributed by atoms with Gasteiger partial charge >= 0.3 is 0 Å². The number of nitrogens with zero attached hydrogens (tertiary/aromatic N) is 1. The Balaban J connectivity index is 1.52. The lowest BCUT2D eigenvalue weighted by Gasteiger charge is -2.36. The molecule has 1 heterocycles. The monoisotopic (exact) mass is 343 g/mol. The minimum absolute atomic E-state index is 0.345. The number of aryl methyl sites for hydroxylation is 1. The van der Waals surface area contributed by atoms with Gasteiger partial charge in [0.25, 0.3) is 0 Å². The number of likely N-dealkylation sites (tertiary alicyclic amines) is 1. The van der Waals surface area contributed by atoms with Gasteiger partial charge in [0.05, 0.1) is 0 Å². The summed E-state index contributed by atoms with van der Waals surface area (Å²) >= 11 is 5.99. The number of hydrogen-bond donors (Lipinski definition) is 1. The summed E-state index contributed by atoms with van der Waals surface area (Å²) in [5.41, 5.74) is 2.69. The predicted octanol–water partition coefficient (Wildman–Crippen LogP) is 5.08. The number of benzene rings is 2. The smallest absolute Gasteiger partial charge is 0.115 e. The van der Waals surface area contributed by atoms with Crippen molar-refractivity contribution in [2.75, 3.05) is 13.1 Å². The van der Waals surface area contributed by atoms with Gasteiger partial charge in [-0.05, 0) is 80.6 Å². The molecule has 1 aliphatic rings. The summed E-state index contributed by atoms with van der Waals surface area (Å²) in [6.45, 7) is 2.37. The number of rotatable bonds is 6. The average Bonchev–Trinajstić information content (AvgIpc) is 2.60. The zero-order valence-corrected chi connectivity index (χ0v) is 14.9. The van der Waals surface area contributed by atoms with Gasteiger partial charge in [-0.2, -0.15) is 0 Å². The third-order valence-electron chi connectivity index (χ3n) is 4.98. The maximum atomic E-state index is 9.36. The molecule has 0 saturated carbocycles. The van der Waals surface area contributed by atoms with Gasteiger partial charge in [0.1, 0.15) is 5.75 Å². The highest BCUT2D eigenvalue weighted by atomic mass is 35.5. The highest BCUT2D eigenvalue weighted by Gasteiger charge is 2.22. The Kier molecular flexibility index (Phi) is 6.17. The lowest BCUT2D eigenvalue weighted by atomic mass is 9.95. The van der Waals surface area contributed by atoms with Crippen LogP contribution in [0.1, 0.15) is 36.8 Å². The van der Waals surface area contributed by atoms with E-state index in [0.717, 1.165) is 24.4 Å². The van der Waals surface area contributed by atoms with Crippen LogP contribution >= 0.6 is 11.6 Å². The van der Waals surface area contributed by atoms with E-state index < -0.39 is 0 Å². The van der Waals surface area contributed by atoms with Gasteiger partial charge in [0.2, 0.25) is 0 Å². The lowest BCUT2D eigenvalue weighted by Crippen LogP contribution is -2.41. The molecule has 1 aliphatic heterocycles. The normalized spacial score (nSPS) is 18.6. The minimum atomic E-state index is 0.345. The third-order valence-corrected chi connectivity index (χ3v) is 5.23. The lowest BCUT2D eigenvalue weighted by molar-refractivity contribution is 0.146. The molecule has 0 bridgehead atoms. The van der Waals surface area contributed by atoms with E-state index in [9.17, 15) is 5.11 Å². The Morgan fingerprint density at radius 2 is 1.67 bits per heavy atom. The fourth-order valence-electron chi connectivity index (χ4n) is 3.63. The van der Waals surface area contributed by atoms with E-state index in [0.29, 0.717) is 11.8 Å². The molecule has 128 valence electrons. The van der Waals surface area contributed by atoms with E-state index in [2.05, 4.69) is 17.0 Å². The van der Waals surface area contributed by atoms with E-state index in [1.54, 1.807) is 12.1 Å². The van der Waals surface area contributed by atoms with Crippen molar-refractivity contribution in [1.82, 2.24) is 4.90 Å². The molecule has 2 aromatic rings. The van der Waals surface area contributed by atoms with Crippen molar-refractivity contribution in [2.45, 2.75) is 44.6 Å². The summed E-state index contributed by atoms with van der Waals surface area (Å²) in [5, 5.41) is 10.2. The molecule has 24 heavy (non-hydrogen) atoms. The summed E-state index contributed by atoms with van der Waals surface area (Å²) in [6, 6.07) is 16.6. The second kappa shape index (κ2) is 8.55. The highest BCUT2D eigenvalue weighted by Crippen LogP contribution is 2.22. The highest BCUT2D eigenvalue weighted by molar-refractivity contribution is 6.30. The maximum absolute atomic E-state index is 9.36. The number of phenols is 1. The summed E-state index contributed by atoms with van der Waals surface area (Å²) in [6.07, 6.45) is 7.31. The molecule has 1 atom stereocenters. The second-order valence-electron chi connectivity index (χ2n) is 6.79. The Morgan fingerprint density at radius 1 is 0.958 bits per heavy atom. The first-order valence-electron chi connectivity index (χ1n) is 8.97. The molecule has 3 heteroatoms. The molecule has 3 rings (SSSR count). The van der Waals surface area contributed by atoms with Crippen LogP contribution in [0, 0.1) is 0 Å². The molecule has 2 aromatic carbocycles. The quantitative estimate of drug-likeness (QED) is 0.791. The summed E-state index contributed by atoms with van der Waals surface area (Å²) < 4.78 is 0. The zero-order chi connectivity index (χ0) is 16.8. The Hall–Kier alpha value is -1.51.